The second-order valence-electron chi connectivity index (χ2n) is 5.30. The third-order valence-electron chi connectivity index (χ3n) is 3.60. The van der Waals surface area contributed by atoms with Crippen molar-refractivity contribution in [2.45, 2.75) is 6.92 Å². The molecule has 1 aromatic heterocycles. The number of nitrogens with one attached hydrogen (secondary N) is 1. The number of carbonyl (C=O) groups is 1. The van der Waals surface area contributed by atoms with Crippen molar-refractivity contribution in [2.75, 3.05) is 6.54 Å². The number of rotatable bonds is 5. The van der Waals surface area contributed by atoms with Crippen LogP contribution in [0, 0.1) is 6.92 Å². The van der Waals surface area contributed by atoms with Crippen molar-refractivity contribution in [2.24, 2.45) is 0 Å². The lowest BCUT2D eigenvalue weighted by Gasteiger charge is -2.02. The third-order valence-corrected chi connectivity index (χ3v) is 3.60. The molecular weight excluding hydrogens is 302 g/mol. The lowest BCUT2D eigenvalue weighted by molar-refractivity contribution is 0.0958. The Labute approximate surface area is 140 Å². The second kappa shape index (κ2) is 6.91. The van der Waals surface area contributed by atoms with E-state index in [0.29, 0.717) is 23.9 Å². The fourth-order valence-corrected chi connectivity index (χ4v) is 2.29. The zero-order chi connectivity index (χ0) is 16.9. The molecule has 5 nitrogen and oxygen atoms in total. The van der Waals surface area contributed by atoms with Crippen molar-refractivity contribution >= 4 is 5.91 Å². The van der Waals surface area contributed by atoms with Crippen molar-refractivity contribution in [3.63, 3.8) is 0 Å². The molecule has 0 saturated heterocycles. The lowest BCUT2D eigenvalue weighted by Crippen LogP contribution is -2.22. The summed E-state index contributed by atoms with van der Waals surface area (Å²) in [6.45, 7) is 6.00. The molecule has 1 N–H and O–H groups in total. The quantitative estimate of drug-likeness (QED) is 0.729. The zero-order valence-electron chi connectivity index (χ0n) is 13.3. The summed E-state index contributed by atoms with van der Waals surface area (Å²) >= 11 is 0. The van der Waals surface area contributed by atoms with Crippen LogP contribution in [0.3, 0.4) is 0 Å². The molecule has 1 amide bonds. The van der Waals surface area contributed by atoms with Crippen LogP contribution in [0.25, 0.3) is 22.9 Å². The van der Waals surface area contributed by atoms with Crippen LogP contribution in [0.15, 0.2) is 65.6 Å². The van der Waals surface area contributed by atoms with Crippen LogP contribution in [0.1, 0.15) is 15.9 Å². The van der Waals surface area contributed by atoms with Gasteiger partial charge in [0.25, 0.3) is 5.91 Å². The highest BCUT2D eigenvalue weighted by Crippen LogP contribution is 2.26. The maximum atomic E-state index is 11.9. The summed E-state index contributed by atoms with van der Waals surface area (Å²) in [7, 11) is 0. The van der Waals surface area contributed by atoms with Crippen molar-refractivity contribution in [3.8, 4) is 22.9 Å². The Morgan fingerprint density at radius 1 is 1.12 bits per heavy atom. The summed E-state index contributed by atoms with van der Waals surface area (Å²) < 4.78 is 5.77. The van der Waals surface area contributed by atoms with E-state index in [1.807, 2.05) is 31.2 Å². The van der Waals surface area contributed by atoms with Gasteiger partial charge in [0.15, 0.2) is 0 Å². The van der Waals surface area contributed by atoms with Gasteiger partial charge >= 0.3 is 0 Å². The summed E-state index contributed by atoms with van der Waals surface area (Å²) in [4.78, 5) is 11.9. The van der Waals surface area contributed by atoms with E-state index in [9.17, 15) is 4.79 Å². The molecule has 0 fully saturated rings. The van der Waals surface area contributed by atoms with Gasteiger partial charge in [-0.15, -0.1) is 16.8 Å². The maximum Gasteiger partial charge on any atom is 0.251 e. The van der Waals surface area contributed by atoms with E-state index in [-0.39, 0.29) is 5.91 Å². The van der Waals surface area contributed by atoms with Crippen LogP contribution < -0.4 is 5.32 Å². The van der Waals surface area contributed by atoms with Crippen molar-refractivity contribution in [1.29, 1.82) is 0 Å². The van der Waals surface area contributed by atoms with E-state index in [4.69, 9.17) is 4.42 Å². The topological polar surface area (TPSA) is 68.0 Å². The number of hydrogen-bond donors (Lipinski definition) is 1. The Balaban J connectivity index is 1.82. The predicted octanol–water partition coefficient (Wildman–Crippen LogP) is 3.63. The van der Waals surface area contributed by atoms with Gasteiger partial charge in [0, 0.05) is 23.2 Å². The van der Waals surface area contributed by atoms with Crippen molar-refractivity contribution < 1.29 is 9.21 Å². The molecule has 3 aromatic rings. The molecule has 0 aliphatic heterocycles. The van der Waals surface area contributed by atoms with Gasteiger partial charge in [0.2, 0.25) is 11.8 Å². The van der Waals surface area contributed by atoms with Gasteiger partial charge in [-0.25, -0.2) is 0 Å². The number of benzene rings is 2. The third kappa shape index (κ3) is 3.25. The lowest BCUT2D eigenvalue weighted by atomic mass is 10.1. The Bertz CT molecular complexity index is 866. The van der Waals surface area contributed by atoms with E-state index >= 15 is 0 Å². The van der Waals surface area contributed by atoms with Crippen LogP contribution >= 0.6 is 0 Å². The SMILES string of the molecule is C=CCNC(=O)c1ccc(-c2nnc(-c3ccccc3C)o2)cc1. The Morgan fingerprint density at radius 2 is 1.83 bits per heavy atom. The number of aryl methyl sites for hydroxylation is 1. The standard InChI is InChI=1S/C19H17N3O2/c1-3-12-20-17(23)14-8-10-15(11-9-14)18-21-22-19(24-18)16-7-5-4-6-13(16)2/h3-11H,1,12H2,2H3,(H,20,23). The molecule has 120 valence electrons. The molecule has 0 radical (unpaired) electrons. The molecule has 2 aromatic carbocycles. The highest BCUT2D eigenvalue weighted by Gasteiger charge is 2.12. The summed E-state index contributed by atoms with van der Waals surface area (Å²) in [6.07, 6.45) is 1.64. The average molecular weight is 319 g/mol. The van der Waals surface area contributed by atoms with Gasteiger partial charge in [-0.3, -0.25) is 4.79 Å². The molecular formula is C19H17N3O2. The van der Waals surface area contributed by atoms with Crippen LogP contribution in [0.4, 0.5) is 0 Å². The molecule has 3 rings (SSSR count). The van der Waals surface area contributed by atoms with E-state index in [0.717, 1.165) is 16.7 Å². The Kier molecular flexibility index (Phi) is 4.52. The minimum Gasteiger partial charge on any atom is -0.416 e. The van der Waals surface area contributed by atoms with Gasteiger partial charge in [-0.1, -0.05) is 24.3 Å². The first kappa shape index (κ1) is 15.7. The molecule has 0 atom stereocenters. The van der Waals surface area contributed by atoms with E-state index in [1.54, 1.807) is 30.3 Å². The maximum absolute atomic E-state index is 11.9. The van der Waals surface area contributed by atoms with Gasteiger partial charge in [-0.05, 0) is 42.8 Å². The molecule has 0 saturated carbocycles. The van der Waals surface area contributed by atoms with E-state index in [1.165, 1.54) is 0 Å². The predicted molar refractivity (Wildman–Crippen MR) is 92.4 cm³/mol. The first-order valence-corrected chi connectivity index (χ1v) is 7.58. The molecule has 0 aliphatic rings. The molecule has 0 spiro atoms. The first-order valence-electron chi connectivity index (χ1n) is 7.58. The first-order chi connectivity index (χ1) is 11.7. The van der Waals surface area contributed by atoms with Crippen molar-refractivity contribution in [3.05, 3.63) is 72.3 Å². The molecule has 5 heteroatoms. The number of hydrogen-bond acceptors (Lipinski definition) is 4. The van der Waals surface area contributed by atoms with Crippen LogP contribution in [0.5, 0.6) is 0 Å². The molecule has 0 bridgehead atoms. The van der Waals surface area contributed by atoms with Crippen LogP contribution in [0.2, 0.25) is 0 Å². The summed E-state index contributed by atoms with van der Waals surface area (Å²) in [6, 6.07) is 14.9. The average Bonchev–Trinajstić information content (AvgIpc) is 3.10. The molecule has 0 aliphatic carbocycles. The van der Waals surface area contributed by atoms with E-state index in [2.05, 4.69) is 22.1 Å². The summed E-state index contributed by atoms with van der Waals surface area (Å²) in [5.74, 6) is 0.759. The van der Waals surface area contributed by atoms with E-state index < -0.39 is 0 Å². The van der Waals surface area contributed by atoms with Gasteiger partial charge in [0.05, 0.1) is 0 Å². The number of amides is 1. The largest absolute Gasteiger partial charge is 0.416 e. The van der Waals surface area contributed by atoms with Gasteiger partial charge < -0.3 is 9.73 Å². The zero-order valence-corrected chi connectivity index (χ0v) is 13.3. The number of nitrogens with zero attached hydrogens (tertiary/aromatic N) is 2. The smallest absolute Gasteiger partial charge is 0.251 e. The van der Waals surface area contributed by atoms with Crippen LogP contribution in [-0.4, -0.2) is 22.6 Å². The molecule has 0 unspecified atom stereocenters. The Hall–Kier alpha value is -3.21. The summed E-state index contributed by atoms with van der Waals surface area (Å²) in [5, 5.41) is 10.9. The van der Waals surface area contributed by atoms with Gasteiger partial charge in [0.1, 0.15) is 0 Å². The molecule has 24 heavy (non-hydrogen) atoms. The van der Waals surface area contributed by atoms with Gasteiger partial charge in [-0.2, -0.15) is 0 Å². The fourth-order valence-electron chi connectivity index (χ4n) is 2.29. The monoisotopic (exact) mass is 319 g/mol. The molecule has 1 heterocycles. The van der Waals surface area contributed by atoms with Crippen LogP contribution in [-0.2, 0) is 0 Å². The minimum atomic E-state index is -0.146. The highest BCUT2D eigenvalue weighted by molar-refractivity contribution is 5.94. The number of aromatic nitrogens is 2. The highest BCUT2D eigenvalue weighted by atomic mass is 16.4. The fraction of sp³-hybridized carbons (Fsp3) is 0.105. The second-order valence-corrected chi connectivity index (χ2v) is 5.30. The van der Waals surface area contributed by atoms with Crippen molar-refractivity contribution in [1.82, 2.24) is 15.5 Å². The summed E-state index contributed by atoms with van der Waals surface area (Å²) in [5.41, 5.74) is 3.32. The Morgan fingerprint density at radius 3 is 2.54 bits per heavy atom. The minimum absolute atomic E-state index is 0.146. The normalized spacial score (nSPS) is 10.4. The number of carbonyl (C=O) groups excluding carboxylic acids is 1.